The lowest BCUT2D eigenvalue weighted by atomic mass is 10.1. The van der Waals surface area contributed by atoms with Gasteiger partial charge in [0.1, 0.15) is 5.82 Å². The minimum Gasteiger partial charge on any atom is -0.378 e. The minimum absolute atomic E-state index is 0.0270. The zero-order valence-electron chi connectivity index (χ0n) is 12.2. The van der Waals surface area contributed by atoms with Crippen LogP contribution >= 0.6 is 11.6 Å². The highest BCUT2D eigenvalue weighted by Crippen LogP contribution is 2.28. The summed E-state index contributed by atoms with van der Waals surface area (Å²) < 4.78 is 18.6. The van der Waals surface area contributed by atoms with Gasteiger partial charge in [-0.05, 0) is 37.6 Å². The van der Waals surface area contributed by atoms with Gasteiger partial charge in [-0.2, -0.15) is 0 Å². The Labute approximate surface area is 129 Å². The molecule has 2 aromatic rings. The van der Waals surface area contributed by atoms with Gasteiger partial charge in [0.2, 0.25) is 0 Å². The molecule has 2 nitrogen and oxygen atoms in total. The molecule has 1 unspecified atom stereocenters. The number of rotatable bonds is 6. The first-order valence-corrected chi connectivity index (χ1v) is 7.36. The molecule has 21 heavy (non-hydrogen) atoms. The Morgan fingerprint density at radius 2 is 2.00 bits per heavy atom. The van der Waals surface area contributed by atoms with Crippen molar-refractivity contribution in [2.75, 3.05) is 11.9 Å². The lowest BCUT2D eigenvalue weighted by Gasteiger charge is -2.19. The molecule has 0 bridgehead atoms. The summed E-state index contributed by atoms with van der Waals surface area (Å²) in [7, 11) is 0. The van der Waals surface area contributed by atoms with E-state index in [0.29, 0.717) is 18.2 Å². The Morgan fingerprint density at radius 3 is 2.71 bits per heavy atom. The number of hydrogen-bond donors (Lipinski definition) is 1. The van der Waals surface area contributed by atoms with Gasteiger partial charge in [-0.3, -0.25) is 0 Å². The molecule has 0 aliphatic heterocycles. The number of anilines is 1. The molecule has 1 N–H and O–H groups in total. The fourth-order valence-electron chi connectivity index (χ4n) is 2.16. The third-order valence-electron chi connectivity index (χ3n) is 3.28. The number of para-hydroxylation sites is 1. The molecule has 1 atom stereocenters. The predicted molar refractivity (Wildman–Crippen MR) is 85.2 cm³/mol. The second-order valence-corrected chi connectivity index (χ2v) is 5.23. The molecule has 0 spiro atoms. The first-order chi connectivity index (χ1) is 10.1. The summed E-state index contributed by atoms with van der Waals surface area (Å²) in [5.41, 5.74) is 2.95. The van der Waals surface area contributed by atoms with Crippen molar-refractivity contribution in [1.29, 1.82) is 0 Å². The molecular weight excluding hydrogens is 289 g/mol. The van der Waals surface area contributed by atoms with Crippen molar-refractivity contribution in [3.05, 3.63) is 64.4 Å². The van der Waals surface area contributed by atoms with Gasteiger partial charge in [0.15, 0.2) is 0 Å². The Hall–Kier alpha value is -1.58. The van der Waals surface area contributed by atoms with Crippen LogP contribution in [0, 0.1) is 5.82 Å². The molecular formula is C17H19ClFNO. The van der Waals surface area contributed by atoms with Crippen LogP contribution in [0.15, 0.2) is 42.5 Å². The van der Waals surface area contributed by atoms with E-state index in [0.717, 1.165) is 16.8 Å². The molecule has 0 radical (unpaired) electrons. The summed E-state index contributed by atoms with van der Waals surface area (Å²) in [5.74, 6) is -0.326. The summed E-state index contributed by atoms with van der Waals surface area (Å²) in [6.07, 6.45) is 0. The van der Waals surface area contributed by atoms with E-state index in [1.165, 1.54) is 12.1 Å². The Balaban J connectivity index is 2.17. The van der Waals surface area contributed by atoms with Crippen molar-refractivity contribution in [2.24, 2.45) is 0 Å². The maximum atomic E-state index is 13.1. The van der Waals surface area contributed by atoms with Crippen LogP contribution in [-0.4, -0.2) is 6.61 Å². The first-order valence-electron chi connectivity index (χ1n) is 6.99. The van der Waals surface area contributed by atoms with Gasteiger partial charge in [0.05, 0.1) is 12.6 Å². The molecule has 0 heterocycles. The van der Waals surface area contributed by atoms with E-state index in [-0.39, 0.29) is 11.9 Å². The van der Waals surface area contributed by atoms with E-state index < -0.39 is 0 Å². The highest BCUT2D eigenvalue weighted by Gasteiger charge is 2.12. The van der Waals surface area contributed by atoms with Crippen molar-refractivity contribution in [2.45, 2.75) is 26.5 Å². The second kappa shape index (κ2) is 7.43. The largest absolute Gasteiger partial charge is 0.378 e. The molecule has 112 valence electrons. The van der Waals surface area contributed by atoms with Gasteiger partial charge in [0.25, 0.3) is 0 Å². The predicted octanol–water partition coefficient (Wildman–Crippen LogP) is 5.19. The summed E-state index contributed by atoms with van der Waals surface area (Å²) in [4.78, 5) is 0. The summed E-state index contributed by atoms with van der Waals surface area (Å²) >= 11 is 6.11. The highest BCUT2D eigenvalue weighted by atomic mass is 35.5. The van der Waals surface area contributed by atoms with E-state index in [4.69, 9.17) is 16.3 Å². The first kappa shape index (κ1) is 15.8. The third-order valence-corrected chi connectivity index (χ3v) is 3.61. The molecule has 0 saturated carbocycles. The minimum atomic E-state index is -0.326. The molecule has 0 aliphatic carbocycles. The molecule has 4 heteroatoms. The van der Waals surface area contributed by atoms with Crippen molar-refractivity contribution >= 4 is 17.3 Å². The topological polar surface area (TPSA) is 21.3 Å². The van der Waals surface area contributed by atoms with E-state index in [9.17, 15) is 4.39 Å². The fraction of sp³-hybridized carbons (Fsp3) is 0.294. The standard InChI is InChI=1S/C17H19ClFNO/c1-3-21-11-13-6-4-5-7-17(13)20-12(2)15-9-8-14(19)10-16(15)18/h4-10,12,20H,3,11H2,1-2H3. The molecule has 2 aromatic carbocycles. The van der Waals surface area contributed by atoms with Crippen LogP contribution in [0.1, 0.15) is 31.0 Å². The lowest BCUT2D eigenvalue weighted by Crippen LogP contribution is -2.09. The van der Waals surface area contributed by atoms with Crippen LogP contribution in [0.4, 0.5) is 10.1 Å². The van der Waals surface area contributed by atoms with Gasteiger partial charge < -0.3 is 10.1 Å². The zero-order chi connectivity index (χ0) is 15.2. The van der Waals surface area contributed by atoms with Crippen molar-refractivity contribution in [3.8, 4) is 0 Å². The van der Waals surface area contributed by atoms with E-state index in [1.807, 2.05) is 38.1 Å². The third kappa shape index (κ3) is 4.19. The number of hydrogen-bond acceptors (Lipinski definition) is 2. The van der Waals surface area contributed by atoms with E-state index in [2.05, 4.69) is 5.32 Å². The van der Waals surface area contributed by atoms with Gasteiger partial charge in [-0.25, -0.2) is 4.39 Å². The Kier molecular flexibility index (Phi) is 5.59. The molecule has 0 aliphatic rings. The summed E-state index contributed by atoms with van der Waals surface area (Å²) in [5, 5.41) is 3.84. The van der Waals surface area contributed by atoms with Gasteiger partial charge in [0, 0.05) is 22.9 Å². The summed E-state index contributed by atoms with van der Waals surface area (Å²) in [6, 6.07) is 12.4. The molecule has 0 aromatic heterocycles. The van der Waals surface area contributed by atoms with E-state index >= 15 is 0 Å². The molecule has 0 saturated heterocycles. The maximum absolute atomic E-state index is 13.1. The smallest absolute Gasteiger partial charge is 0.124 e. The van der Waals surface area contributed by atoms with Gasteiger partial charge in [-0.15, -0.1) is 0 Å². The average molecular weight is 308 g/mol. The number of halogens is 2. The Morgan fingerprint density at radius 1 is 1.24 bits per heavy atom. The number of benzene rings is 2. The van der Waals surface area contributed by atoms with Crippen LogP contribution in [0.5, 0.6) is 0 Å². The van der Waals surface area contributed by atoms with Crippen LogP contribution in [0.3, 0.4) is 0 Å². The quantitative estimate of drug-likeness (QED) is 0.793. The molecule has 0 amide bonds. The molecule has 0 fully saturated rings. The fourth-order valence-corrected chi connectivity index (χ4v) is 2.49. The van der Waals surface area contributed by atoms with Crippen molar-refractivity contribution in [3.63, 3.8) is 0 Å². The van der Waals surface area contributed by atoms with Crippen LogP contribution in [0.2, 0.25) is 5.02 Å². The number of ether oxygens (including phenoxy) is 1. The second-order valence-electron chi connectivity index (χ2n) is 4.83. The highest BCUT2D eigenvalue weighted by molar-refractivity contribution is 6.31. The zero-order valence-corrected chi connectivity index (χ0v) is 13.0. The van der Waals surface area contributed by atoms with Crippen LogP contribution in [0.25, 0.3) is 0 Å². The lowest BCUT2D eigenvalue weighted by molar-refractivity contribution is 0.134. The monoisotopic (exact) mass is 307 g/mol. The van der Waals surface area contributed by atoms with Gasteiger partial charge in [-0.1, -0.05) is 35.9 Å². The molecule has 2 rings (SSSR count). The number of nitrogens with one attached hydrogen (secondary N) is 1. The summed E-state index contributed by atoms with van der Waals surface area (Å²) in [6.45, 7) is 5.20. The average Bonchev–Trinajstić information content (AvgIpc) is 2.46. The van der Waals surface area contributed by atoms with E-state index in [1.54, 1.807) is 6.07 Å². The van der Waals surface area contributed by atoms with Crippen molar-refractivity contribution in [1.82, 2.24) is 0 Å². The van der Waals surface area contributed by atoms with Crippen LogP contribution in [-0.2, 0) is 11.3 Å². The van der Waals surface area contributed by atoms with Crippen molar-refractivity contribution < 1.29 is 9.13 Å². The SMILES string of the molecule is CCOCc1ccccc1NC(C)c1ccc(F)cc1Cl. The normalized spacial score (nSPS) is 12.2. The van der Waals surface area contributed by atoms with Crippen LogP contribution < -0.4 is 5.32 Å². The maximum Gasteiger partial charge on any atom is 0.124 e. The van der Waals surface area contributed by atoms with Gasteiger partial charge >= 0.3 is 0 Å². The Bertz CT molecular complexity index is 603.